The molecule has 0 aliphatic carbocycles. The van der Waals surface area contributed by atoms with E-state index in [-0.39, 0.29) is 0 Å². The normalized spacial score (nSPS) is 11.5. The molecule has 0 atom stereocenters. The van der Waals surface area contributed by atoms with Gasteiger partial charge in [0.2, 0.25) is 5.95 Å². The van der Waals surface area contributed by atoms with Crippen molar-refractivity contribution in [3.63, 3.8) is 0 Å². The zero-order chi connectivity index (χ0) is 17.9. The zero-order valence-electron chi connectivity index (χ0n) is 13.8. The first-order valence-corrected chi connectivity index (χ1v) is 8.94. The third kappa shape index (κ3) is 3.50. The van der Waals surface area contributed by atoms with Crippen LogP contribution in [0.3, 0.4) is 0 Å². The maximum Gasteiger partial charge on any atom is 0.230 e. The van der Waals surface area contributed by atoms with Crippen LogP contribution in [0.1, 0.15) is 11.1 Å². The van der Waals surface area contributed by atoms with Gasteiger partial charge >= 0.3 is 0 Å². The minimum Gasteiger partial charge on any atom is -0.304 e. The average Bonchev–Trinajstić information content (AvgIpc) is 3.00. The van der Waals surface area contributed by atoms with Gasteiger partial charge in [0, 0.05) is 16.8 Å². The molecule has 1 aromatic heterocycles. The molecule has 0 bridgehead atoms. The van der Waals surface area contributed by atoms with E-state index in [1.54, 1.807) is 18.3 Å². The molecule has 0 aliphatic heterocycles. The lowest BCUT2D eigenvalue weighted by molar-refractivity contribution is 0.827. The Morgan fingerprint density at radius 1 is 0.923 bits per heavy atom. The molecule has 4 aromatic rings. The van der Waals surface area contributed by atoms with Crippen molar-refractivity contribution in [2.24, 2.45) is 4.99 Å². The van der Waals surface area contributed by atoms with E-state index in [4.69, 9.17) is 23.2 Å². The van der Waals surface area contributed by atoms with Crippen molar-refractivity contribution in [2.45, 2.75) is 6.54 Å². The molecule has 0 amide bonds. The molecule has 26 heavy (non-hydrogen) atoms. The largest absolute Gasteiger partial charge is 0.304 e. The van der Waals surface area contributed by atoms with Gasteiger partial charge in [-0.1, -0.05) is 71.7 Å². The summed E-state index contributed by atoms with van der Waals surface area (Å²) in [6.45, 7) is 0.697. The molecule has 0 fully saturated rings. The van der Waals surface area contributed by atoms with Crippen molar-refractivity contribution in [3.05, 3.63) is 94.0 Å². The summed E-state index contributed by atoms with van der Waals surface area (Å²) < 4.78 is 2.10. The lowest BCUT2D eigenvalue weighted by Crippen LogP contribution is -1.99. The fourth-order valence-electron chi connectivity index (χ4n) is 2.82. The van der Waals surface area contributed by atoms with Crippen molar-refractivity contribution >= 4 is 46.4 Å². The molecule has 0 spiro atoms. The Morgan fingerprint density at radius 2 is 1.69 bits per heavy atom. The number of hydrogen-bond acceptors (Lipinski definition) is 2. The van der Waals surface area contributed by atoms with E-state index < -0.39 is 0 Å². The van der Waals surface area contributed by atoms with Crippen molar-refractivity contribution in [1.29, 1.82) is 0 Å². The maximum atomic E-state index is 6.24. The van der Waals surface area contributed by atoms with Crippen molar-refractivity contribution < 1.29 is 0 Å². The highest BCUT2D eigenvalue weighted by Gasteiger charge is 2.10. The first kappa shape index (κ1) is 16.8. The Labute approximate surface area is 161 Å². The standard InChI is InChI=1S/C21H15Cl2N3/c22-17-11-10-16(18(23)12-17)13-24-21-25-19-8-4-5-9-20(19)26(21)14-15-6-2-1-3-7-15/h1-13H,14H2. The van der Waals surface area contributed by atoms with Crippen molar-refractivity contribution in [3.8, 4) is 0 Å². The van der Waals surface area contributed by atoms with Crippen LogP contribution in [0, 0.1) is 0 Å². The highest BCUT2D eigenvalue weighted by molar-refractivity contribution is 6.36. The molecule has 0 saturated heterocycles. The van der Waals surface area contributed by atoms with Gasteiger partial charge in [-0.15, -0.1) is 0 Å². The highest BCUT2D eigenvalue weighted by Crippen LogP contribution is 2.24. The number of benzene rings is 3. The molecule has 1 heterocycles. The summed E-state index contributed by atoms with van der Waals surface area (Å²) in [4.78, 5) is 9.27. The lowest BCUT2D eigenvalue weighted by atomic mass is 10.2. The van der Waals surface area contributed by atoms with Gasteiger partial charge < -0.3 is 4.57 Å². The first-order valence-electron chi connectivity index (χ1n) is 8.19. The van der Waals surface area contributed by atoms with Gasteiger partial charge in [-0.2, -0.15) is 0 Å². The summed E-state index contributed by atoms with van der Waals surface area (Å²) in [6.07, 6.45) is 1.72. The van der Waals surface area contributed by atoms with Crippen LogP contribution in [0.25, 0.3) is 11.0 Å². The summed E-state index contributed by atoms with van der Waals surface area (Å²) in [5.41, 5.74) is 3.95. The van der Waals surface area contributed by atoms with Gasteiger partial charge in [-0.05, 0) is 29.8 Å². The third-order valence-electron chi connectivity index (χ3n) is 4.10. The summed E-state index contributed by atoms with van der Waals surface area (Å²) >= 11 is 12.2. The average molecular weight is 380 g/mol. The Morgan fingerprint density at radius 3 is 2.50 bits per heavy atom. The number of imidazole rings is 1. The number of nitrogens with zero attached hydrogens (tertiary/aromatic N) is 3. The summed E-state index contributed by atoms with van der Waals surface area (Å²) in [5, 5.41) is 1.16. The quantitative estimate of drug-likeness (QED) is 0.391. The van der Waals surface area contributed by atoms with Crippen molar-refractivity contribution in [2.75, 3.05) is 0 Å². The monoisotopic (exact) mass is 379 g/mol. The second kappa shape index (κ2) is 7.32. The maximum absolute atomic E-state index is 6.24. The van der Waals surface area contributed by atoms with Gasteiger partial charge in [0.25, 0.3) is 0 Å². The molecule has 0 unspecified atom stereocenters. The summed E-state index contributed by atoms with van der Waals surface area (Å²) in [7, 11) is 0. The molecule has 128 valence electrons. The molecule has 0 radical (unpaired) electrons. The Kier molecular flexibility index (Phi) is 4.74. The van der Waals surface area contributed by atoms with E-state index in [0.29, 0.717) is 22.5 Å². The third-order valence-corrected chi connectivity index (χ3v) is 4.66. The van der Waals surface area contributed by atoms with Crippen LogP contribution in [0.4, 0.5) is 5.95 Å². The second-order valence-electron chi connectivity index (χ2n) is 5.90. The lowest BCUT2D eigenvalue weighted by Gasteiger charge is -2.07. The predicted molar refractivity (Wildman–Crippen MR) is 109 cm³/mol. The number of halogens is 2. The molecular weight excluding hydrogens is 365 g/mol. The van der Waals surface area contributed by atoms with E-state index >= 15 is 0 Å². The van der Waals surface area contributed by atoms with Gasteiger partial charge in [0.05, 0.1) is 22.6 Å². The molecule has 0 aliphatic rings. The van der Waals surface area contributed by atoms with Crippen LogP contribution in [0.15, 0.2) is 77.8 Å². The van der Waals surface area contributed by atoms with E-state index in [1.807, 2.05) is 42.5 Å². The smallest absolute Gasteiger partial charge is 0.230 e. The molecule has 0 N–H and O–H groups in total. The predicted octanol–water partition coefficient (Wildman–Crippen LogP) is 6.14. The topological polar surface area (TPSA) is 30.2 Å². The SMILES string of the molecule is Clc1ccc(C=Nc2nc3ccccc3n2Cc2ccccc2)c(Cl)c1. The number of fused-ring (bicyclic) bond motifs is 1. The van der Waals surface area contributed by atoms with Crippen LogP contribution < -0.4 is 0 Å². The van der Waals surface area contributed by atoms with E-state index in [9.17, 15) is 0 Å². The van der Waals surface area contributed by atoms with Crippen LogP contribution >= 0.6 is 23.2 Å². The summed E-state index contributed by atoms with van der Waals surface area (Å²) in [6, 6.07) is 23.6. The van der Waals surface area contributed by atoms with Gasteiger partial charge in [-0.25, -0.2) is 9.98 Å². The molecule has 3 aromatic carbocycles. The van der Waals surface area contributed by atoms with Gasteiger partial charge in [0.15, 0.2) is 0 Å². The fraction of sp³-hybridized carbons (Fsp3) is 0.0476. The van der Waals surface area contributed by atoms with Crippen molar-refractivity contribution in [1.82, 2.24) is 9.55 Å². The molecule has 4 rings (SSSR count). The second-order valence-corrected chi connectivity index (χ2v) is 6.74. The first-order chi connectivity index (χ1) is 12.7. The highest BCUT2D eigenvalue weighted by atomic mass is 35.5. The molecule has 5 heteroatoms. The van der Waals surface area contributed by atoms with Crippen LogP contribution in [-0.4, -0.2) is 15.8 Å². The summed E-state index contributed by atoms with van der Waals surface area (Å²) in [5.74, 6) is 0.640. The van der Waals surface area contributed by atoms with E-state index in [1.165, 1.54) is 5.56 Å². The van der Waals surface area contributed by atoms with E-state index in [0.717, 1.165) is 16.6 Å². The number of aliphatic imine (C=N–C) groups is 1. The van der Waals surface area contributed by atoms with Gasteiger partial charge in [0.1, 0.15) is 0 Å². The number of aromatic nitrogens is 2. The molecular formula is C21H15Cl2N3. The minimum absolute atomic E-state index is 0.562. The minimum atomic E-state index is 0.562. The van der Waals surface area contributed by atoms with Crippen LogP contribution in [0.2, 0.25) is 10.0 Å². The van der Waals surface area contributed by atoms with E-state index in [2.05, 4.69) is 32.7 Å². The fourth-order valence-corrected chi connectivity index (χ4v) is 3.27. The number of rotatable bonds is 4. The van der Waals surface area contributed by atoms with Crippen LogP contribution in [-0.2, 0) is 6.54 Å². The molecule has 0 saturated carbocycles. The Hall–Kier alpha value is -2.62. The number of para-hydroxylation sites is 2. The van der Waals surface area contributed by atoms with Gasteiger partial charge in [-0.3, -0.25) is 0 Å². The molecule has 3 nitrogen and oxygen atoms in total. The van der Waals surface area contributed by atoms with Crippen LogP contribution in [0.5, 0.6) is 0 Å². The Balaban J connectivity index is 1.76. The Bertz CT molecular complexity index is 1090. The number of hydrogen-bond donors (Lipinski definition) is 0. The zero-order valence-corrected chi connectivity index (χ0v) is 15.3.